The molecule has 0 saturated heterocycles. The summed E-state index contributed by atoms with van der Waals surface area (Å²) in [5.74, 6) is 1.75. The summed E-state index contributed by atoms with van der Waals surface area (Å²) in [6, 6.07) is 5.70. The molecule has 0 radical (unpaired) electrons. The summed E-state index contributed by atoms with van der Waals surface area (Å²) in [7, 11) is 1.99. The van der Waals surface area contributed by atoms with Gasteiger partial charge in [-0.1, -0.05) is 5.16 Å². The van der Waals surface area contributed by atoms with E-state index in [-0.39, 0.29) is 0 Å². The molecular weight excluding hydrogens is 206 g/mol. The lowest BCUT2D eigenvalue weighted by atomic mass is 10.3. The van der Waals surface area contributed by atoms with Gasteiger partial charge < -0.3 is 14.7 Å². The highest BCUT2D eigenvalue weighted by molar-refractivity contribution is 5.05. The van der Waals surface area contributed by atoms with Crippen LogP contribution in [0, 0.1) is 0 Å². The van der Waals surface area contributed by atoms with Gasteiger partial charge in [-0.15, -0.1) is 0 Å². The van der Waals surface area contributed by atoms with Crippen LogP contribution in [0.25, 0.3) is 0 Å². The second-order valence-corrected chi connectivity index (χ2v) is 3.74. The Morgan fingerprint density at radius 3 is 2.81 bits per heavy atom. The van der Waals surface area contributed by atoms with Gasteiger partial charge in [0, 0.05) is 12.6 Å². The standard InChI is InChI=1S/C11H15N3O2/c1-14(7-10-3-2-4-15-10)8-11-5-9(6-12)13-16-11/h2-5H,6-8,12H2,1H3. The van der Waals surface area contributed by atoms with Crippen molar-refractivity contribution < 1.29 is 8.94 Å². The van der Waals surface area contributed by atoms with Crippen molar-refractivity contribution in [1.29, 1.82) is 0 Å². The fourth-order valence-corrected chi connectivity index (χ4v) is 1.52. The molecule has 0 bridgehead atoms. The zero-order valence-corrected chi connectivity index (χ0v) is 9.22. The number of furan rings is 1. The molecule has 0 aliphatic carbocycles. The predicted molar refractivity (Wildman–Crippen MR) is 58.3 cm³/mol. The molecule has 2 aromatic heterocycles. The number of hydrogen-bond acceptors (Lipinski definition) is 5. The molecule has 0 aromatic carbocycles. The Labute approximate surface area is 93.8 Å². The highest BCUT2D eigenvalue weighted by Crippen LogP contribution is 2.09. The third kappa shape index (κ3) is 2.71. The zero-order valence-electron chi connectivity index (χ0n) is 9.22. The van der Waals surface area contributed by atoms with Crippen molar-refractivity contribution in [3.05, 3.63) is 41.7 Å². The van der Waals surface area contributed by atoms with Gasteiger partial charge in [0.2, 0.25) is 0 Å². The molecule has 5 heteroatoms. The molecule has 16 heavy (non-hydrogen) atoms. The van der Waals surface area contributed by atoms with Gasteiger partial charge in [0.25, 0.3) is 0 Å². The minimum absolute atomic E-state index is 0.408. The quantitative estimate of drug-likeness (QED) is 0.825. The summed E-state index contributed by atoms with van der Waals surface area (Å²) < 4.78 is 10.4. The molecule has 0 fully saturated rings. The maximum Gasteiger partial charge on any atom is 0.151 e. The first kappa shape index (κ1) is 10.9. The molecule has 2 heterocycles. The molecule has 2 aromatic rings. The molecular formula is C11H15N3O2. The first-order chi connectivity index (χ1) is 7.78. The van der Waals surface area contributed by atoms with Gasteiger partial charge in [-0.25, -0.2) is 0 Å². The van der Waals surface area contributed by atoms with Crippen molar-refractivity contribution in [3.63, 3.8) is 0 Å². The van der Waals surface area contributed by atoms with Gasteiger partial charge in [0.15, 0.2) is 5.76 Å². The minimum Gasteiger partial charge on any atom is -0.468 e. The van der Waals surface area contributed by atoms with Crippen LogP contribution in [-0.4, -0.2) is 17.1 Å². The second-order valence-electron chi connectivity index (χ2n) is 3.74. The van der Waals surface area contributed by atoms with Crippen LogP contribution in [0.4, 0.5) is 0 Å². The molecule has 2 N–H and O–H groups in total. The van der Waals surface area contributed by atoms with E-state index in [1.54, 1.807) is 6.26 Å². The smallest absolute Gasteiger partial charge is 0.151 e. The van der Waals surface area contributed by atoms with E-state index >= 15 is 0 Å². The van der Waals surface area contributed by atoms with Crippen LogP contribution >= 0.6 is 0 Å². The van der Waals surface area contributed by atoms with Crippen molar-refractivity contribution in [2.45, 2.75) is 19.6 Å². The molecule has 0 atom stereocenters. The van der Waals surface area contributed by atoms with Gasteiger partial charge in [0.1, 0.15) is 5.76 Å². The lowest BCUT2D eigenvalue weighted by Crippen LogP contribution is -2.16. The average Bonchev–Trinajstić information content (AvgIpc) is 2.89. The van der Waals surface area contributed by atoms with Crippen LogP contribution in [0.15, 0.2) is 33.4 Å². The highest BCUT2D eigenvalue weighted by atomic mass is 16.5. The monoisotopic (exact) mass is 221 g/mol. The summed E-state index contributed by atoms with van der Waals surface area (Å²) in [4.78, 5) is 2.08. The largest absolute Gasteiger partial charge is 0.468 e. The van der Waals surface area contributed by atoms with E-state index in [1.807, 2.05) is 25.2 Å². The van der Waals surface area contributed by atoms with E-state index in [4.69, 9.17) is 14.7 Å². The Morgan fingerprint density at radius 2 is 2.19 bits per heavy atom. The van der Waals surface area contributed by atoms with Crippen molar-refractivity contribution in [1.82, 2.24) is 10.1 Å². The van der Waals surface area contributed by atoms with Crippen LogP contribution in [-0.2, 0) is 19.6 Å². The Morgan fingerprint density at radius 1 is 1.38 bits per heavy atom. The predicted octanol–water partition coefficient (Wildman–Crippen LogP) is 1.36. The maximum absolute atomic E-state index is 5.45. The lowest BCUT2D eigenvalue weighted by Gasteiger charge is -2.12. The summed E-state index contributed by atoms with van der Waals surface area (Å²) in [6.45, 7) is 1.84. The van der Waals surface area contributed by atoms with E-state index in [0.29, 0.717) is 13.1 Å². The SMILES string of the molecule is CN(Cc1ccco1)Cc1cc(CN)no1. The molecule has 0 unspecified atom stereocenters. The second kappa shape index (κ2) is 4.96. The van der Waals surface area contributed by atoms with E-state index in [0.717, 1.165) is 23.8 Å². The number of nitrogens with two attached hydrogens (primary N) is 1. The number of nitrogens with zero attached hydrogens (tertiary/aromatic N) is 2. The van der Waals surface area contributed by atoms with Crippen molar-refractivity contribution in [2.75, 3.05) is 7.05 Å². The van der Waals surface area contributed by atoms with E-state index in [9.17, 15) is 0 Å². The Bertz CT molecular complexity index is 422. The molecule has 2 rings (SSSR count). The van der Waals surface area contributed by atoms with Gasteiger partial charge in [-0.05, 0) is 19.2 Å². The van der Waals surface area contributed by atoms with Crippen molar-refractivity contribution >= 4 is 0 Å². The molecule has 86 valence electrons. The third-order valence-corrected chi connectivity index (χ3v) is 2.25. The number of aromatic nitrogens is 1. The fraction of sp³-hybridized carbons (Fsp3) is 0.364. The third-order valence-electron chi connectivity index (χ3n) is 2.25. The number of hydrogen-bond donors (Lipinski definition) is 1. The average molecular weight is 221 g/mol. The molecule has 0 amide bonds. The van der Waals surface area contributed by atoms with Crippen LogP contribution in [0.3, 0.4) is 0 Å². The van der Waals surface area contributed by atoms with E-state index < -0.39 is 0 Å². The van der Waals surface area contributed by atoms with Gasteiger partial charge in [-0.2, -0.15) is 0 Å². The molecule has 0 saturated carbocycles. The number of rotatable bonds is 5. The highest BCUT2D eigenvalue weighted by Gasteiger charge is 2.08. The topological polar surface area (TPSA) is 68.4 Å². The van der Waals surface area contributed by atoms with Gasteiger partial charge in [0.05, 0.1) is 25.0 Å². The van der Waals surface area contributed by atoms with Crippen LogP contribution < -0.4 is 5.73 Å². The Balaban J connectivity index is 1.89. The molecule has 0 aliphatic heterocycles. The summed E-state index contributed by atoms with van der Waals surface area (Å²) in [5, 5.41) is 3.83. The summed E-state index contributed by atoms with van der Waals surface area (Å²) >= 11 is 0. The molecule has 0 aliphatic rings. The molecule has 5 nitrogen and oxygen atoms in total. The lowest BCUT2D eigenvalue weighted by molar-refractivity contribution is 0.248. The minimum atomic E-state index is 0.408. The van der Waals surface area contributed by atoms with Crippen molar-refractivity contribution in [3.8, 4) is 0 Å². The Hall–Kier alpha value is -1.59. The van der Waals surface area contributed by atoms with Crippen LogP contribution in [0.5, 0.6) is 0 Å². The Kier molecular flexibility index (Phi) is 3.38. The van der Waals surface area contributed by atoms with Gasteiger partial charge >= 0.3 is 0 Å². The first-order valence-electron chi connectivity index (χ1n) is 5.13. The van der Waals surface area contributed by atoms with Crippen molar-refractivity contribution in [2.24, 2.45) is 5.73 Å². The summed E-state index contributed by atoms with van der Waals surface area (Å²) in [5.41, 5.74) is 6.23. The van der Waals surface area contributed by atoms with E-state index in [2.05, 4.69) is 10.1 Å². The maximum atomic E-state index is 5.45. The van der Waals surface area contributed by atoms with Gasteiger partial charge in [-0.3, -0.25) is 4.90 Å². The van der Waals surface area contributed by atoms with Crippen LogP contribution in [0.1, 0.15) is 17.2 Å². The summed E-state index contributed by atoms with van der Waals surface area (Å²) in [6.07, 6.45) is 1.67. The normalized spacial score (nSPS) is 11.2. The fourth-order valence-electron chi connectivity index (χ4n) is 1.52. The van der Waals surface area contributed by atoms with E-state index in [1.165, 1.54) is 0 Å². The zero-order chi connectivity index (χ0) is 11.4. The first-order valence-corrected chi connectivity index (χ1v) is 5.13. The molecule has 0 spiro atoms. The van der Waals surface area contributed by atoms with Crippen LogP contribution in [0.2, 0.25) is 0 Å².